The largest absolute Gasteiger partial charge is 0.493 e. The van der Waals surface area contributed by atoms with Crippen molar-refractivity contribution >= 4 is 34.3 Å². The summed E-state index contributed by atoms with van der Waals surface area (Å²) < 4.78 is 10.6. The summed E-state index contributed by atoms with van der Waals surface area (Å²) in [5.74, 6) is 2.19. The predicted molar refractivity (Wildman–Crippen MR) is 124 cm³/mol. The molecule has 0 N–H and O–H groups in total. The van der Waals surface area contributed by atoms with Gasteiger partial charge in [0.05, 0.1) is 20.8 Å². The third-order valence-electron chi connectivity index (χ3n) is 5.29. The van der Waals surface area contributed by atoms with Gasteiger partial charge in [0.1, 0.15) is 5.84 Å². The van der Waals surface area contributed by atoms with Crippen molar-refractivity contribution < 1.29 is 14.3 Å². The summed E-state index contributed by atoms with van der Waals surface area (Å²) >= 11 is 0. The molecule has 1 aliphatic rings. The fourth-order valence-corrected chi connectivity index (χ4v) is 3.49. The summed E-state index contributed by atoms with van der Waals surface area (Å²) in [4.78, 5) is 20.0. The number of Topliss-reactive ketones (excluding diaryl/α,β-unsaturated/α-hetero) is 1. The summed E-state index contributed by atoms with van der Waals surface area (Å²) in [5.41, 5.74) is 4.03. The molecule has 6 heteroatoms. The van der Waals surface area contributed by atoms with Gasteiger partial charge in [0, 0.05) is 24.2 Å². The molecule has 0 atom stereocenters. The maximum Gasteiger partial charge on any atom is 0.182 e. The molecular formula is C23H29BrN2O3. The Morgan fingerprint density at radius 2 is 1.83 bits per heavy atom. The summed E-state index contributed by atoms with van der Waals surface area (Å²) in [7, 11) is 3.16. The number of anilines is 1. The summed E-state index contributed by atoms with van der Waals surface area (Å²) in [5, 5.41) is 0. The van der Waals surface area contributed by atoms with Crippen molar-refractivity contribution in [3.63, 3.8) is 0 Å². The first-order valence-corrected chi connectivity index (χ1v) is 9.67. The highest BCUT2D eigenvalue weighted by Gasteiger charge is 2.22. The number of aryl methyl sites for hydroxylation is 1. The Hall–Kier alpha value is -2.34. The lowest BCUT2D eigenvalue weighted by molar-refractivity contribution is 0.100. The van der Waals surface area contributed by atoms with Gasteiger partial charge in [0.25, 0.3) is 0 Å². The molecule has 0 unspecified atom stereocenters. The summed E-state index contributed by atoms with van der Waals surface area (Å²) in [6, 6.07) is 11.5. The lowest BCUT2D eigenvalue weighted by Crippen LogP contribution is -2.37. The Labute approximate surface area is 183 Å². The third-order valence-corrected chi connectivity index (χ3v) is 5.29. The molecule has 0 bridgehead atoms. The van der Waals surface area contributed by atoms with Gasteiger partial charge in [-0.1, -0.05) is 12.1 Å². The predicted octanol–water partition coefficient (Wildman–Crippen LogP) is 5.17. The number of ketones is 1. The minimum Gasteiger partial charge on any atom is -0.493 e. The molecule has 2 aromatic carbocycles. The number of carbonyl (C=O) groups is 1. The van der Waals surface area contributed by atoms with Crippen LogP contribution >= 0.6 is 17.0 Å². The second-order valence-electron chi connectivity index (χ2n) is 7.05. The molecule has 5 nitrogen and oxygen atoms in total. The number of hydrogen-bond donors (Lipinski definition) is 0. The van der Waals surface area contributed by atoms with Crippen LogP contribution in [0.2, 0.25) is 0 Å². The minimum atomic E-state index is 0. The molecule has 29 heavy (non-hydrogen) atoms. The number of rotatable bonds is 6. The van der Waals surface area contributed by atoms with E-state index in [0.717, 1.165) is 37.3 Å². The van der Waals surface area contributed by atoms with Crippen LogP contribution in [0.3, 0.4) is 0 Å². The van der Waals surface area contributed by atoms with E-state index in [1.54, 1.807) is 32.4 Å². The maximum atomic E-state index is 13.1. The molecule has 0 spiro atoms. The molecule has 0 aliphatic carbocycles. The Morgan fingerprint density at radius 3 is 2.48 bits per heavy atom. The number of hydrogen-bond acceptors (Lipinski definition) is 5. The molecule has 3 rings (SSSR count). The molecular weight excluding hydrogens is 432 g/mol. The fraction of sp³-hybridized carbons (Fsp3) is 0.391. The first kappa shape index (κ1) is 22.9. The van der Waals surface area contributed by atoms with E-state index in [0.29, 0.717) is 17.1 Å². The molecule has 0 radical (unpaired) electrons. The lowest BCUT2D eigenvalue weighted by atomic mass is 10.0. The Morgan fingerprint density at radius 1 is 1.07 bits per heavy atom. The lowest BCUT2D eigenvalue weighted by Gasteiger charge is -2.29. The van der Waals surface area contributed by atoms with E-state index in [1.807, 2.05) is 6.07 Å². The van der Waals surface area contributed by atoms with Gasteiger partial charge in [0.15, 0.2) is 17.3 Å². The van der Waals surface area contributed by atoms with Gasteiger partial charge < -0.3 is 14.4 Å². The monoisotopic (exact) mass is 460 g/mol. The van der Waals surface area contributed by atoms with Crippen LogP contribution < -0.4 is 14.4 Å². The number of methoxy groups -OCH3 is 2. The molecule has 0 saturated carbocycles. The highest BCUT2D eigenvalue weighted by Crippen LogP contribution is 2.29. The zero-order chi connectivity index (χ0) is 20.1. The normalized spacial score (nSPS) is 13.2. The van der Waals surface area contributed by atoms with Gasteiger partial charge in [-0.25, -0.2) is 0 Å². The second-order valence-corrected chi connectivity index (χ2v) is 7.05. The number of aliphatic imine (C=N–C) groups is 1. The van der Waals surface area contributed by atoms with E-state index < -0.39 is 0 Å². The molecule has 0 aromatic heterocycles. The SMILES string of the molecule is Br.COc1ccc(C(=O)CN(C2=NCCCC2)c2cccc(C)c2C)cc1OC. The average molecular weight is 461 g/mol. The van der Waals surface area contributed by atoms with Crippen LogP contribution in [0.1, 0.15) is 40.7 Å². The molecule has 0 fully saturated rings. The van der Waals surface area contributed by atoms with Crippen molar-refractivity contribution in [1.29, 1.82) is 0 Å². The fourth-order valence-electron chi connectivity index (χ4n) is 3.49. The zero-order valence-corrected chi connectivity index (χ0v) is 19.2. The number of carbonyl (C=O) groups excluding carboxylic acids is 1. The molecule has 2 aromatic rings. The van der Waals surface area contributed by atoms with Crippen molar-refractivity contribution in [1.82, 2.24) is 0 Å². The zero-order valence-electron chi connectivity index (χ0n) is 17.5. The van der Waals surface area contributed by atoms with Crippen LogP contribution in [0.5, 0.6) is 11.5 Å². The number of amidine groups is 1. The van der Waals surface area contributed by atoms with Crippen molar-refractivity contribution in [3.05, 3.63) is 53.1 Å². The van der Waals surface area contributed by atoms with Crippen molar-refractivity contribution in [2.24, 2.45) is 4.99 Å². The van der Waals surface area contributed by atoms with Crippen molar-refractivity contribution in [3.8, 4) is 11.5 Å². The maximum absolute atomic E-state index is 13.1. The number of benzene rings is 2. The quantitative estimate of drug-likeness (QED) is 0.557. The Balaban J connectivity index is 0.00000300. The highest BCUT2D eigenvalue weighted by atomic mass is 79.9. The topological polar surface area (TPSA) is 51.1 Å². The van der Waals surface area contributed by atoms with E-state index in [-0.39, 0.29) is 29.3 Å². The van der Waals surface area contributed by atoms with Gasteiger partial charge >= 0.3 is 0 Å². The third kappa shape index (κ3) is 5.18. The summed E-state index contributed by atoms with van der Waals surface area (Å²) in [6.07, 6.45) is 3.10. The molecule has 156 valence electrons. The van der Waals surface area contributed by atoms with Crippen LogP contribution in [-0.4, -0.2) is 38.9 Å². The van der Waals surface area contributed by atoms with Gasteiger partial charge in [-0.05, 0) is 62.1 Å². The van der Waals surface area contributed by atoms with Crippen LogP contribution in [0.4, 0.5) is 5.69 Å². The standard InChI is InChI=1S/C23H28N2O3.BrH/c1-16-8-7-9-19(17(16)2)25(23-10-5-6-13-24-23)15-20(26)18-11-12-21(27-3)22(14-18)28-4;/h7-9,11-12,14H,5-6,10,13,15H2,1-4H3;1H. The van der Waals surface area contributed by atoms with Crippen molar-refractivity contribution in [2.75, 3.05) is 32.2 Å². The van der Waals surface area contributed by atoms with Gasteiger partial charge in [0.2, 0.25) is 0 Å². The Kier molecular flexibility index (Phi) is 8.26. The van der Waals surface area contributed by atoms with Crippen molar-refractivity contribution in [2.45, 2.75) is 33.1 Å². The van der Waals surface area contributed by atoms with Crippen LogP contribution in [0.15, 0.2) is 41.4 Å². The smallest absolute Gasteiger partial charge is 0.182 e. The molecule has 1 heterocycles. The highest BCUT2D eigenvalue weighted by molar-refractivity contribution is 8.93. The number of nitrogens with zero attached hydrogens (tertiary/aromatic N) is 2. The van der Waals surface area contributed by atoms with E-state index >= 15 is 0 Å². The first-order chi connectivity index (χ1) is 13.5. The number of halogens is 1. The number of ether oxygens (including phenoxy) is 2. The van der Waals surface area contributed by atoms with E-state index in [2.05, 4.69) is 30.9 Å². The summed E-state index contributed by atoms with van der Waals surface area (Å²) in [6.45, 7) is 5.26. The van der Waals surface area contributed by atoms with Crippen LogP contribution in [0.25, 0.3) is 0 Å². The molecule has 1 aliphatic heterocycles. The van der Waals surface area contributed by atoms with Gasteiger partial charge in [-0.15, -0.1) is 17.0 Å². The Bertz CT molecular complexity index is 896. The first-order valence-electron chi connectivity index (χ1n) is 9.67. The molecule has 0 amide bonds. The average Bonchev–Trinajstić information content (AvgIpc) is 2.74. The van der Waals surface area contributed by atoms with Crippen LogP contribution in [0, 0.1) is 13.8 Å². The van der Waals surface area contributed by atoms with E-state index in [1.165, 1.54) is 11.1 Å². The second kappa shape index (κ2) is 10.4. The minimum absolute atomic E-state index is 0. The van der Waals surface area contributed by atoms with Gasteiger partial charge in [-0.2, -0.15) is 0 Å². The van der Waals surface area contributed by atoms with Crippen LogP contribution in [-0.2, 0) is 0 Å². The van der Waals surface area contributed by atoms with E-state index in [9.17, 15) is 4.79 Å². The van der Waals surface area contributed by atoms with E-state index in [4.69, 9.17) is 14.5 Å². The molecule has 0 saturated heterocycles. The van der Waals surface area contributed by atoms with Gasteiger partial charge in [-0.3, -0.25) is 9.79 Å².